The highest BCUT2D eigenvalue weighted by atomic mass is 15.1. The van der Waals surface area contributed by atoms with Crippen LogP contribution < -0.4 is 0 Å². The minimum absolute atomic E-state index is 0.983. The second kappa shape index (κ2) is 8.96. The van der Waals surface area contributed by atoms with E-state index in [0.29, 0.717) is 0 Å². The van der Waals surface area contributed by atoms with Crippen LogP contribution in [0.3, 0.4) is 0 Å². The summed E-state index contributed by atoms with van der Waals surface area (Å²) >= 11 is 0. The van der Waals surface area contributed by atoms with Crippen LogP contribution in [0.1, 0.15) is 45.5 Å². The molecule has 1 aliphatic carbocycles. The monoisotopic (exact) mass is 282 g/mol. The van der Waals surface area contributed by atoms with Crippen molar-refractivity contribution < 1.29 is 0 Å². The van der Waals surface area contributed by atoms with Crippen molar-refractivity contribution in [3.8, 4) is 11.4 Å². The molecule has 0 amide bonds. The van der Waals surface area contributed by atoms with E-state index in [2.05, 4.69) is 48.1 Å². The number of hydrogen-bond acceptors (Lipinski definition) is 1. The Kier molecular flexibility index (Phi) is 7.24. The van der Waals surface area contributed by atoms with Crippen LogP contribution >= 0.6 is 0 Å². The Hall–Kier alpha value is -2.09. The standard InChI is InChI=1S/C15H14N2.2C2H6/c1-17-14-11-7-3-6-10-13(14)16-15(17)12-8-4-2-5-9-12;2*1-2/h2,4-11H,3H2,1H3;2*1-2H3. The second-order valence-corrected chi connectivity index (χ2v) is 4.17. The number of hydrogen-bond donors (Lipinski definition) is 0. The predicted molar refractivity (Wildman–Crippen MR) is 94.0 cm³/mol. The largest absolute Gasteiger partial charge is 0.327 e. The van der Waals surface area contributed by atoms with Gasteiger partial charge in [0, 0.05) is 12.6 Å². The summed E-state index contributed by atoms with van der Waals surface area (Å²) in [5.74, 6) is 1.02. The fourth-order valence-corrected chi connectivity index (χ4v) is 2.14. The summed E-state index contributed by atoms with van der Waals surface area (Å²) in [7, 11) is 2.07. The van der Waals surface area contributed by atoms with Crippen LogP contribution in [0.15, 0.2) is 42.5 Å². The summed E-state index contributed by atoms with van der Waals surface area (Å²) in [5, 5.41) is 0. The molecule has 0 spiro atoms. The molecule has 1 aromatic heterocycles. The first-order chi connectivity index (χ1) is 10.4. The number of imidazole rings is 1. The van der Waals surface area contributed by atoms with E-state index in [1.54, 1.807) is 0 Å². The highest BCUT2D eigenvalue weighted by Gasteiger charge is 2.12. The average molecular weight is 282 g/mol. The maximum atomic E-state index is 4.71. The molecule has 0 saturated carbocycles. The molecule has 112 valence electrons. The second-order valence-electron chi connectivity index (χ2n) is 4.17. The lowest BCUT2D eigenvalue weighted by Gasteiger charge is -2.02. The molecule has 0 unspecified atom stereocenters. The summed E-state index contributed by atoms with van der Waals surface area (Å²) in [6, 6.07) is 10.3. The van der Waals surface area contributed by atoms with E-state index in [-0.39, 0.29) is 0 Å². The van der Waals surface area contributed by atoms with Gasteiger partial charge in [-0.1, -0.05) is 70.2 Å². The summed E-state index contributed by atoms with van der Waals surface area (Å²) in [6.45, 7) is 8.00. The molecule has 0 aliphatic heterocycles. The molecule has 21 heavy (non-hydrogen) atoms. The van der Waals surface area contributed by atoms with Crippen molar-refractivity contribution in [1.29, 1.82) is 0 Å². The Morgan fingerprint density at radius 3 is 2.19 bits per heavy atom. The third kappa shape index (κ3) is 3.94. The molecule has 0 radical (unpaired) electrons. The van der Waals surface area contributed by atoms with Gasteiger partial charge in [0.25, 0.3) is 0 Å². The molecule has 1 heterocycles. The van der Waals surface area contributed by atoms with Crippen molar-refractivity contribution in [1.82, 2.24) is 9.55 Å². The van der Waals surface area contributed by atoms with Crippen molar-refractivity contribution in [2.24, 2.45) is 7.05 Å². The Morgan fingerprint density at radius 1 is 0.905 bits per heavy atom. The molecular formula is C19H26N2. The van der Waals surface area contributed by atoms with Gasteiger partial charge in [0.1, 0.15) is 5.82 Å². The molecule has 3 rings (SSSR count). The van der Waals surface area contributed by atoms with E-state index < -0.39 is 0 Å². The van der Waals surface area contributed by atoms with Crippen LogP contribution in [-0.2, 0) is 7.05 Å². The molecule has 0 fully saturated rings. The number of rotatable bonds is 1. The van der Waals surface area contributed by atoms with Gasteiger partial charge in [-0.3, -0.25) is 0 Å². The lowest BCUT2D eigenvalue weighted by molar-refractivity contribution is 0.913. The molecule has 0 N–H and O–H groups in total. The van der Waals surface area contributed by atoms with Crippen LogP contribution in [0.4, 0.5) is 0 Å². The van der Waals surface area contributed by atoms with E-state index in [1.165, 1.54) is 5.69 Å². The van der Waals surface area contributed by atoms with Crippen molar-refractivity contribution in [2.45, 2.75) is 34.1 Å². The fraction of sp³-hybridized carbons (Fsp3) is 0.316. The summed E-state index contributed by atoms with van der Waals surface area (Å²) in [4.78, 5) is 4.71. The Labute approximate surface area is 128 Å². The number of fused-ring (bicyclic) bond motifs is 1. The number of nitrogens with zero attached hydrogens (tertiary/aromatic N) is 2. The minimum Gasteiger partial charge on any atom is -0.327 e. The van der Waals surface area contributed by atoms with Gasteiger partial charge in [-0.25, -0.2) is 4.98 Å². The summed E-state index contributed by atoms with van der Waals surface area (Å²) in [5.41, 5.74) is 3.39. The molecule has 2 heteroatoms. The molecule has 2 aromatic rings. The first-order valence-electron chi connectivity index (χ1n) is 7.81. The van der Waals surface area contributed by atoms with Crippen LogP contribution in [0.2, 0.25) is 0 Å². The van der Waals surface area contributed by atoms with Crippen molar-refractivity contribution >= 4 is 12.2 Å². The zero-order valence-electron chi connectivity index (χ0n) is 13.8. The summed E-state index contributed by atoms with van der Waals surface area (Å²) in [6.07, 6.45) is 9.54. The quantitative estimate of drug-likeness (QED) is 0.668. The van der Waals surface area contributed by atoms with E-state index in [1.807, 2.05) is 45.9 Å². The first-order valence-corrected chi connectivity index (χ1v) is 7.81. The zero-order valence-corrected chi connectivity index (χ0v) is 13.8. The molecule has 0 atom stereocenters. The van der Waals surface area contributed by atoms with Gasteiger partial charge in [-0.05, 0) is 18.6 Å². The third-order valence-corrected chi connectivity index (χ3v) is 3.02. The Morgan fingerprint density at radius 2 is 1.52 bits per heavy atom. The summed E-state index contributed by atoms with van der Waals surface area (Å²) < 4.78 is 2.15. The van der Waals surface area contributed by atoms with Crippen LogP contribution in [0.5, 0.6) is 0 Å². The molecular weight excluding hydrogens is 256 g/mol. The molecule has 2 nitrogen and oxygen atoms in total. The first kappa shape index (κ1) is 17.0. The smallest absolute Gasteiger partial charge is 0.140 e. The highest BCUT2D eigenvalue weighted by molar-refractivity contribution is 5.68. The Bertz CT molecular complexity index is 590. The molecule has 1 aromatic carbocycles. The van der Waals surface area contributed by atoms with Crippen LogP contribution in [-0.4, -0.2) is 9.55 Å². The van der Waals surface area contributed by atoms with Crippen molar-refractivity contribution in [3.05, 3.63) is 53.9 Å². The van der Waals surface area contributed by atoms with Gasteiger partial charge in [0.2, 0.25) is 0 Å². The van der Waals surface area contributed by atoms with E-state index in [9.17, 15) is 0 Å². The number of benzene rings is 1. The molecule has 1 aliphatic rings. The van der Waals surface area contributed by atoms with Gasteiger partial charge in [-0.15, -0.1) is 0 Å². The maximum absolute atomic E-state index is 4.71. The topological polar surface area (TPSA) is 17.8 Å². The average Bonchev–Trinajstić information content (AvgIpc) is 2.75. The maximum Gasteiger partial charge on any atom is 0.140 e. The van der Waals surface area contributed by atoms with Gasteiger partial charge < -0.3 is 4.57 Å². The van der Waals surface area contributed by atoms with E-state index in [4.69, 9.17) is 4.98 Å². The van der Waals surface area contributed by atoms with Crippen LogP contribution in [0.25, 0.3) is 23.5 Å². The van der Waals surface area contributed by atoms with Gasteiger partial charge in [-0.2, -0.15) is 0 Å². The molecule has 0 bridgehead atoms. The van der Waals surface area contributed by atoms with Crippen molar-refractivity contribution in [3.63, 3.8) is 0 Å². The van der Waals surface area contributed by atoms with Crippen molar-refractivity contribution in [2.75, 3.05) is 0 Å². The third-order valence-electron chi connectivity index (χ3n) is 3.02. The van der Waals surface area contributed by atoms with Gasteiger partial charge in [0.15, 0.2) is 0 Å². The molecule has 0 saturated heterocycles. The van der Waals surface area contributed by atoms with Gasteiger partial charge in [0.05, 0.1) is 11.4 Å². The lowest BCUT2D eigenvalue weighted by Crippen LogP contribution is -1.94. The highest BCUT2D eigenvalue weighted by Crippen LogP contribution is 2.24. The van der Waals surface area contributed by atoms with E-state index in [0.717, 1.165) is 23.5 Å². The van der Waals surface area contributed by atoms with Crippen LogP contribution in [0, 0.1) is 0 Å². The number of aromatic nitrogens is 2. The lowest BCUT2D eigenvalue weighted by atomic mass is 10.2. The number of allylic oxidation sites excluding steroid dienone is 2. The predicted octanol–water partition coefficient (Wildman–Crippen LogP) is 5.57. The van der Waals surface area contributed by atoms with E-state index >= 15 is 0 Å². The van der Waals surface area contributed by atoms with Gasteiger partial charge >= 0.3 is 0 Å². The minimum atomic E-state index is 0.983. The Balaban J connectivity index is 0.000000510. The fourth-order valence-electron chi connectivity index (χ4n) is 2.14. The normalized spacial score (nSPS) is 11.5. The SMILES string of the molecule is CC.CC.Cn1c(-c2ccccc2)nc2c1C=CCC=C2. The zero-order chi connectivity index (χ0) is 15.7.